The SMILES string of the molecule is COC(=O)C(C)CNCCCN1CCOCC1. The first-order valence-corrected chi connectivity index (χ1v) is 6.32. The molecule has 0 aliphatic carbocycles. The van der Waals surface area contributed by atoms with Crippen molar-refractivity contribution < 1.29 is 14.3 Å². The molecule has 5 nitrogen and oxygen atoms in total. The Kier molecular flexibility index (Phi) is 7.16. The number of carbonyl (C=O) groups is 1. The molecule has 0 aromatic heterocycles. The molecule has 0 aromatic carbocycles. The van der Waals surface area contributed by atoms with Crippen LogP contribution in [0, 0.1) is 5.92 Å². The van der Waals surface area contributed by atoms with Crippen LogP contribution in [0.1, 0.15) is 13.3 Å². The van der Waals surface area contributed by atoms with Gasteiger partial charge in [0.1, 0.15) is 0 Å². The first kappa shape index (κ1) is 14.4. The second kappa shape index (κ2) is 8.44. The van der Waals surface area contributed by atoms with E-state index in [1.54, 1.807) is 0 Å². The van der Waals surface area contributed by atoms with Crippen molar-refractivity contribution in [3.05, 3.63) is 0 Å². The number of hydrogen-bond donors (Lipinski definition) is 1. The molecule has 17 heavy (non-hydrogen) atoms. The molecule has 0 amide bonds. The van der Waals surface area contributed by atoms with Crippen LogP contribution in [0.2, 0.25) is 0 Å². The standard InChI is InChI=1S/C12H24N2O3/c1-11(12(15)16-2)10-13-4-3-5-14-6-8-17-9-7-14/h11,13H,3-10H2,1-2H3. The van der Waals surface area contributed by atoms with Crippen molar-refractivity contribution in [2.45, 2.75) is 13.3 Å². The van der Waals surface area contributed by atoms with Gasteiger partial charge in [0.2, 0.25) is 0 Å². The van der Waals surface area contributed by atoms with Crippen molar-refractivity contribution in [2.24, 2.45) is 5.92 Å². The number of hydrogen-bond acceptors (Lipinski definition) is 5. The number of esters is 1. The van der Waals surface area contributed by atoms with E-state index in [1.165, 1.54) is 7.11 Å². The zero-order chi connectivity index (χ0) is 12.5. The van der Waals surface area contributed by atoms with Crippen LogP contribution in [-0.2, 0) is 14.3 Å². The minimum atomic E-state index is -0.148. The Bertz CT molecular complexity index is 218. The summed E-state index contributed by atoms with van der Waals surface area (Å²) in [7, 11) is 1.43. The minimum Gasteiger partial charge on any atom is -0.469 e. The molecule has 1 rings (SSSR count). The maximum atomic E-state index is 11.1. The van der Waals surface area contributed by atoms with E-state index in [9.17, 15) is 4.79 Å². The van der Waals surface area contributed by atoms with Gasteiger partial charge in [-0.3, -0.25) is 9.69 Å². The normalized spacial score (nSPS) is 18.9. The number of nitrogens with zero attached hydrogens (tertiary/aromatic N) is 1. The maximum absolute atomic E-state index is 11.1. The third-order valence-corrected chi connectivity index (χ3v) is 2.99. The smallest absolute Gasteiger partial charge is 0.309 e. The number of rotatable bonds is 7. The predicted molar refractivity (Wildman–Crippen MR) is 65.9 cm³/mol. The Morgan fingerprint density at radius 3 is 2.82 bits per heavy atom. The molecule has 1 atom stereocenters. The van der Waals surface area contributed by atoms with Gasteiger partial charge in [0.15, 0.2) is 0 Å². The van der Waals surface area contributed by atoms with E-state index in [0.29, 0.717) is 6.54 Å². The number of ether oxygens (including phenoxy) is 2. The molecule has 0 aromatic rings. The van der Waals surface area contributed by atoms with Gasteiger partial charge in [-0.1, -0.05) is 6.92 Å². The molecule has 0 radical (unpaired) electrons. The van der Waals surface area contributed by atoms with Crippen LogP contribution in [-0.4, -0.2) is 63.9 Å². The van der Waals surface area contributed by atoms with E-state index in [1.807, 2.05) is 6.92 Å². The lowest BCUT2D eigenvalue weighted by molar-refractivity contribution is -0.144. The summed E-state index contributed by atoms with van der Waals surface area (Å²) < 4.78 is 9.95. The molecule has 1 heterocycles. The lowest BCUT2D eigenvalue weighted by atomic mass is 10.2. The fourth-order valence-electron chi connectivity index (χ4n) is 1.86. The predicted octanol–water partition coefficient (Wildman–Crippen LogP) is 0.107. The van der Waals surface area contributed by atoms with E-state index in [4.69, 9.17) is 4.74 Å². The summed E-state index contributed by atoms with van der Waals surface area (Å²) in [4.78, 5) is 13.6. The fourth-order valence-corrected chi connectivity index (χ4v) is 1.86. The zero-order valence-corrected chi connectivity index (χ0v) is 10.9. The Morgan fingerprint density at radius 2 is 2.18 bits per heavy atom. The van der Waals surface area contributed by atoms with Crippen molar-refractivity contribution in [2.75, 3.05) is 53.0 Å². The van der Waals surface area contributed by atoms with Gasteiger partial charge in [0.05, 0.1) is 26.2 Å². The Morgan fingerprint density at radius 1 is 1.47 bits per heavy atom. The minimum absolute atomic E-state index is 0.0663. The zero-order valence-electron chi connectivity index (χ0n) is 10.9. The van der Waals surface area contributed by atoms with E-state index < -0.39 is 0 Å². The van der Waals surface area contributed by atoms with E-state index in [0.717, 1.165) is 45.8 Å². The van der Waals surface area contributed by atoms with Crippen molar-refractivity contribution in [1.82, 2.24) is 10.2 Å². The lowest BCUT2D eigenvalue weighted by Crippen LogP contribution is -2.38. The lowest BCUT2D eigenvalue weighted by Gasteiger charge is -2.26. The van der Waals surface area contributed by atoms with Crippen LogP contribution >= 0.6 is 0 Å². The van der Waals surface area contributed by atoms with Crippen molar-refractivity contribution in [3.8, 4) is 0 Å². The number of morpholine rings is 1. The fraction of sp³-hybridized carbons (Fsp3) is 0.917. The molecule has 0 bridgehead atoms. The number of nitrogens with one attached hydrogen (secondary N) is 1. The van der Waals surface area contributed by atoms with Crippen LogP contribution in [0.5, 0.6) is 0 Å². The summed E-state index contributed by atoms with van der Waals surface area (Å²) in [6.45, 7) is 8.40. The molecule has 1 fully saturated rings. The average molecular weight is 244 g/mol. The van der Waals surface area contributed by atoms with E-state index >= 15 is 0 Å². The molecule has 0 saturated carbocycles. The van der Waals surface area contributed by atoms with Gasteiger partial charge in [-0.2, -0.15) is 0 Å². The third kappa shape index (κ3) is 6.00. The second-order valence-corrected chi connectivity index (χ2v) is 4.44. The number of carbonyl (C=O) groups excluding carboxylic acids is 1. The first-order chi connectivity index (χ1) is 8.24. The van der Waals surface area contributed by atoms with Gasteiger partial charge in [0, 0.05) is 19.6 Å². The summed E-state index contributed by atoms with van der Waals surface area (Å²) in [5.74, 6) is -0.214. The Labute approximate surface area is 103 Å². The largest absolute Gasteiger partial charge is 0.469 e. The monoisotopic (exact) mass is 244 g/mol. The first-order valence-electron chi connectivity index (χ1n) is 6.32. The molecule has 1 aliphatic heterocycles. The summed E-state index contributed by atoms with van der Waals surface area (Å²) in [6, 6.07) is 0. The van der Waals surface area contributed by atoms with Crippen LogP contribution in [0.15, 0.2) is 0 Å². The quantitative estimate of drug-likeness (QED) is 0.509. The summed E-state index contributed by atoms with van der Waals surface area (Å²) in [5, 5.41) is 3.28. The van der Waals surface area contributed by atoms with Crippen molar-refractivity contribution in [3.63, 3.8) is 0 Å². The Balaban J connectivity index is 1.95. The molecule has 0 spiro atoms. The highest BCUT2D eigenvalue weighted by Crippen LogP contribution is 1.98. The molecule has 1 saturated heterocycles. The van der Waals surface area contributed by atoms with Gasteiger partial charge in [-0.15, -0.1) is 0 Å². The molecule has 100 valence electrons. The third-order valence-electron chi connectivity index (χ3n) is 2.99. The van der Waals surface area contributed by atoms with E-state index in [-0.39, 0.29) is 11.9 Å². The van der Waals surface area contributed by atoms with Crippen molar-refractivity contribution in [1.29, 1.82) is 0 Å². The summed E-state index contributed by atoms with van der Waals surface area (Å²) in [5.41, 5.74) is 0. The number of methoxy groups -OCH3 is 1. The van der Waals surface area contributed by atoms with Gasteiger partial charge in [-0.05, 0) is 19.5 Å². The Hall–Kier alpha value is -0.650. The van der Waals surface area contributed by atoms with Gasteiger partial charge in [0.25, 0.3) is 0 Å². The van der Waals surface area contributed by atoms with Gasteiger partial charge in [-0.25, -0.2) is 0 Å². The maximum Gasteiger partial charge on any atom is 0.309 e. The molecule has 1 N–H and O–H groups in total. The van der Waals surface area contributed by atoms with Crippen LogP contribution in [0.25, 0.3) is 0 Å². The van der Waals surface area contributed by atoms with Crippen molar-refractivity contribution >= 4 is 5.97 Å². The highest BCUT2D eigenvalue weighted by Gasteiger charge is 2.12. The van der Waals surface area contributed by atoms with Crippen LogP contribution in [0.4, 0.5) is 0 Å². The molecule has 5 heteroatoms. The van der Waals surface area contributed by atoms with Crippen LogP contribution < -0.4 is 5.32 Å². The summed E-state index contributed by atoms with van der Waals surface area (Å²) >= 11 is 0. The highest BCUT2D eigenvalue weighted by atomic mass is 16.5. The molecular weight excluding hydrogens is 220 g/mol. The molecule has 1 aliphatic rings. The average Bonchev–Trinajstić information content (AvgIpc) is 2.38. The molecular formula is C12H24N2O3. The highest BCUT2D eigenvalue weighted by molar-refractivity contribution is 5.71. The van der Waals surface area contributed by atoms with Gasteiger partial charge >= 0.3 is 5.97 Å². The van der Waals surface area contributed by atoms with Crippen LogP contribution in [0.3, 0.4) is 0 Å². The van der Waals surface area contributed by atoms with E-state index in [2.05, 4.69) is 15.0 Å². The summed E-state index contributed by atoms with van der Waals surface area (Å²) in [6.07, 6.45) is 1.11. The van der Waals surface area contributed by atoms with Gasteiger partial charge < -0.3 is 14.8 Å². The molecule has 1 unspecified atom stereocenters. The topological polar surface area (TPSA) is 50.8 Å². The second-order valence-electron chi connectivity index (χ2n) is 4.44.